The predicted octanol–water partition coefficient (Wildman–Crippen LogP) is 17.4. The number of rotatable bonds is 9. The second kappa shape index (κ2) is 20.3. The summed E-state index contributed by atoms with van der Waals surface area (Å²) in [5.74, 6) is 3.36. The zero-order valence-electron chi connectivity index (χ0n) is 47.6. The Balaban J connectivity index is 0.938. The first kappa shape index (κ1) is 50.3. The van der Waals surface area contributed by atoms with Gasteiger partial charge in [0.05, 0.1) is 27.6 Å². The molecule has 0 unspecified atom stereocenters. The summed E-state index contributed by atoms with van der Waals surface area (Å²) in [6.07, 6.45) is 0. The van der Waals surface area contributed by atoms with Gasteiger partial charge in [-0.2, -0.15) is 0 Å². The molecule has 0 fully saturated rings. The Morgan fingerprint density at radius 1 is 0.273 bits per heavy atom. The van der Waals surface area contributed by atoms with Crippen molar-refractivity contribution in [2.24, 2.45) is 0 Å². The highest BCUT2D eigenvalue weighted by Gasteiger charge is 2.49. The normalized spacial score (nSPS) is 13.2. The van der Waals surface area contributed by atoms with E-state index in [9.17, 15) is 0 Å². The van der Waals surface area contributed by atoms with Gasteiger partial charge in [-0.1, -0.05) is 182 Å². The van der Waals surface area contributed by atoms with Gasteiger partial charge < -0.3 is 34.0 Å². The number of hydrogen-bond donors (Lipinski definition) is 0. The van der Waals surface area contributed by atoms with E-state index < -0.39 is 0 Å². The molecule has 0 bridgehead atoms. The van der Waals surface area contributed by atoms with E-state index in [0.29, 0.717) is 0 Å². The van der Waals surface area contributed by atoms with Crippen LogP contribution in [0.1, 0.15) is 0 Å². The first-order valence-corrected chi connectivity index (χ1v) is 30.8. The summed E-state index contributed by atoms with van der Waals surface area (Å²) >= 11 is 1.80. The van der Waals surface area contributed by atoms with Crippen LogP contribution in [0.4, 0.5) is 85.3 Å². The topological polar surface area (TPSA) is 34.7 Å². The number of para-hydroxylation sites is 9. The quantitative estimate of drug-likeness (QED) is 0.132. The van der Waals surface area contributed by atoms with Crippen LogP contribution in [0.25, 0.3) is 0 Å². The second-order valence-corrected chi connectivity index (χ2v) is 23.8. The Labute approximate surface area is 516 Å². The fourth-order valence-corrected chi connectivity index (χ4v) is 15.3. The average Bonchev–Trinajstić information content (AvgIpc) is 0.711. The minimum atomic E-state index is -0.257. The van der Waals surface area contributed by atoms with E-state index in [1.807, 2.05) is 0 Å². The van der Waals surface area contributed by atoms with E-state index in [4.69, 9.17) is 9.47 Å². The van der Waals surface area contributed by atoms with E-state index in [-0.39, 0.29) is 13.4 Å². The molecule has 5 heterocycles. The van der Waals surface area contributed by atoms with Gasteiger partial charge in [0.1, 0.15) is 23.0 Å². The van der Waals surface area contributed by atoms with E-state index >= 15 is 0 Å². The van der Waals surface area contributed by atoms with Gasteiger partial charge in [-0.3, -0.25) is 0 Å². The van der Waals surface area contributed by atoms with Crippen molar-refractivity contribution in [1.29, 1.82) is 0 Å². The Morgan fingerprint density at radius 2 is 0.682 bits per heavy atom. The number of benzene rings is 13. The van der Waals surface area contributed by atoms with Gasteiger partial charge in [-0.25, -0.2) is 0 Å². The fourth-order valence-electron chi connectivity index (χ4n) is 14.2. The summed E-state index contributed by atoms with van der Waals surface area (Å²) < 4.78 is 15.1. The van der Waals surface area contributed by atoms with Gasteiger partial charge in [0.15, 0.2) is 0 Å². The lowest BCUT2D eigenvalue weighted by Gasteiger charge is -2.45. The monoisotopic (exact) mass is 1140 g/mol. The number of nitrogens with zero attached hydrogens (tertiary/aromatic N) is 5. The van der Waals surface area contributed by atoms with Gasteiger partial charge in [0.2, 0.25) is 0 Å². The van der Waals surface area contributed by atoms with Gasteiger partial charge >= 0.3 is 0 Å². The number of anilines is 15. The zero-order valence-corrected chi connectivity index (χ0v) is 48.4. The molecule has 0 radical (unpaired) electrons. The maximum atomic E-state index is 7.80. The van der Waals surface area contributed by atoms with Crippen molar-refractivity contribution in [2.75, 3.05) is 24.5 Å². The maximum absolute atomic E-state index is 7.80. The van der Waals surface area contributed by atoms with Crippen LogP contribution in [0.5, 0.6) is 23.0 Å². The molecule has 0 amide bonds. The van der Waals surface area contributed by atoms with E-state index in [1.165, 1.54) is 10.9 Å². The predicted molar refractivity (Wildman–Crippen MR) is 366 cm³/mol. The molecular weight excluding hydrogens is 1090 g/mol. The molecule has 5 aliphatic rings. The smallest absolute Gasteiger partial charge is 0.256 e. The van der Waals surface area contributed by atoms with Crippen molar-refractivity contribution in [3.05, 3.63) is 309 Å². The largest absolute Gasteiger partial charge is 0.458 e. The SMILES string of the molecule is c1ccc(N(c2ccccc2)c2cc3c4c(c2)N(c2ccccc2)c2cc5c(cc2B4c2ccccc2O3)B2c3ccc4c(c3Oc3cc(N(c6ccccc6)c6ccccc6)cc(c32)N5c2ccccc2)Sc2ccccc2N4c2ccccc2)cc1. The second-order valence-electron chi connectivity index (χ2n) is 22.8. The third kappa shape index (κ3) is 7.89. The summed E-state index contributed by atoms with van der Waals surface area (Å²) in [6, 6.07) is 112. The lowest BCUT2D eigenvalue weighted by Crippen LogP contribution is -2.64. The van der Waals surface area contributed by atoms with E-state index in [0.717, 1.165) is 140 Å². The van der Waals surface area contributed by atoms with Crippen LogP contribution >= 0.6 is 11.8 Å². The molecular formula is C78H51B2N5O2S. The van der Waals surface area contributed by atoms with Gasteiger partial charge in [-0.15, -0.1) is 0 Å². The number of ether oxygens (including phenoxy) is 2. The van der Waals surface area contributed by atoms with E-state index in [1.54, 1.807) is 11.8 Å². The molecule has 0 atom stereocenters. The van der Waals surface area contributed by atoms with Crippen LogP contribution in [0.2, 0.25) is 0 Å². The summed E-state index contributed by atoms with van der Waals surface area (Å²) in [7, 11) is 0. The van der Waals surface area contributed by atoms with Crippen LogP contribution in [0.3, 0.4) is 0 Å². The van der Waals surface area contributed by atoms with Crippen LogP contribution < -0.4 is 66.8 Å². The molecule has 0 saturated heterocycles. The summed E-state index contributed by atoms with van der Waals surface area (Å²) in [5, 5.41) is 0. The lowest BCUT2D eigenvalue weighted by molar-refractivity contribution is 0.476. The highest BCUT2D eigenvalue weighted by Crippen LogP contribution is 2.57. The molecule has 0 N–H and O–H groups in total. The molecule has 10 heteroatoms. The zero-order chi connectivity index (χ0) is 57.8. The van der Waals surface area contributed by atoms with Crippen LogP contribution in [-0.4, -0.2) is 13.4 Å². The third-order valence-electron chi connectivity index (χ3n) is 17.8. The Morgan fingerprint density at radius 3 is 1.18 bits per heavy atom. The molecule has 18 rings (SSSR count). The minimum Gasteiger partial charge on any atom is -0.458 e. The first-order chi connectivity index (χ1) is 43.7. The van der Waals surface area contributed by atoms with E-state index in [2.05, 4.69) is 334 Å². The fraction of sp³-hybridized carbons (Fsp3) is 0. The maximum Gasteiger partial charge on any atom is 0.256 e. The molecule has 412 valence electrons. The number of hydrogen-bond acceptors (Lipinski definition) is 8. The van der Waals surface area contributed by atoms with Gasteiger partial charge in [0.25, 0.3) is 13.4 Å². The first-order valence-electron chi connectivity index (χ1n) is 30.0. The van der Waals surface area contributed by atoms with Crippen molar-refractivity contribution in [3.8, 4) is 23.0 Å². The molecule has 13 aromatic carbocycles. The summed E-state index contributed by atoms with van der Waals surface area (Å²) in [6.45, 7) is -0.453. The van der Waals surface area contributed by atoms with Crippen molar-refractivity contribution >= 4 is 143 Å². The standard InChI is InChI=1S/C78H51B2N5O2S/c1-8-26-52(27-9-1)81(53-28-10-2-11-29-53)59-46-69-75-72(48-59)86-71-42-24-22-40-61(71)79(75)63-50-64-68(51-67(63)84(69)57-36-18-6-19-37-57)85(58-38-20-7-21-39-58)70-47-60(82(54-30-12-3-13-31-54)55-32-14-4-15-33-55)49-73-76(70)80(64)62-44-45-66-78(77(62)87-73)88-74-43-25-23-41-65(74)83(66)56-34-16-5-17-35-56/h1-51H. The Bertz CT molecular complexity index is 4800. The molecule has 0 aromatic heterocycles. The molecule has 0 aliphatic carbocycles. The van der Waals surface area contributed by atoms with Crippen molar-refractivity contribution in [3.63, 3.8) is 0 Å². The molecule has 7 nitrogen and oxygen atoms in total. The Kier molecular flexibility index (Phi) is 11.6. The van der Waals surface area contributed by atoms with Crippen LogP contribution in [0.15, 0.2) is 319 Å². The highest BCUT2D eigenvalue weighted by molar-refractivity contribution is 8.00. The van der Waals surface area contributed by atoms with Crippen LogP contribution in [-0.2, 0) is 0 Å². The molecule has 0 saturated carbocycles. The van der Waals surface area contributed by atoms with Crippen molar-refractivity contribution in [2.45, 2.75) is 9.79 Å². The van der Waals surface area contributed by atoms with Gasteiger partial charge in [0, 0.05) is 79.6 Å². The molecule has 88 heavy (non-hydrogen) atoms. The van der Waals surface area contributed by atoms with Crippen LogP contribution in [0, 0.1) is 0 Å². The average molecular weight is 1140 g/mol. The summed E-state index contributed by atoms with van der Waals surface area (Å²) in [5.41, 5.74) is 22.7. The third-order valence-corrected chi connectivity index (χ3v) is 19.0. The lowest BCUT2D eigenvalue weighted by atomic mass is 9.31. The number of fused-ring (bicyclic) bond motifs is 11. The molecule has 0 spiro atoms. The molecule has 5 aliphatic heterocycles. The highest BCUT2D eigenvalue weighted by atomic mass is 32.2. The summed E-state index contributed by atoms with van der Waals surface area (Å²) in [4.78, 5) is 14.3. The Hall–Kier alpha value is -11.1. The van der Waals surface area contributed by atoms with Crippen molar-refractivity contribution < 1.29 is 9.47 Å². The van der Waals surface area contributed by atoms with Gasteiger partial charge in [-0.05, 0) is 160 Å². The van der Waals surface area contributed by atoms with Crippen molar-refractivity contribution in [1.82, 2.24) is 0 Å². The minimum absolute atomic E-state index is 0.195. The molecule has 13 aromatic rings.